The molecule has 0 spiro atoms. The average molecular weight is 330 g/mol. The van der Waals surface area contributed by atoms with Crippen LogP contribution in [0.3, 0.4) is 0 Å². The molecule has 0 aromatic rings. The summed E-state index contributed by atoms with van der Waals surface area (Å²) in [6.45, 7) is 0. The van der Waals surface area contributed by atoms with Gasteiger partial charge in [0, 0.05) is 6.42 Å². The predicted molar refractivity (Wildman–Crippen MR) is 68.9 cm³/mol. The van der Waals surface area contributed by atoms with Crippen molar-refractivity contribution in [3.8, 4) is 0 Å². The van der Waals surface area contributed by atoms with Crippen LogP contribution >= 0.6 is 0 Å². The fourth-order valence-corrected chi connectivity index (χ4v) is 3.74. The van der Waals surface area contributed by atoms with Gasteiger partial charge in [0.25, 0.3) is 20.2 Å². The zero-order chi connectivity index (χ0) is 15.6. The number of ether oxygens (including phenoxy) is 1. The molecule has 20 heavy (non-hydrogen) atoms. The van der Waals surface area contributed by atoms with Crippen molar-refractivity contribution in [2.24, 2.45) is 0 Å². The lowest BCUT2D eigenvalue weighted by molar-refractivity contribution is -0.164. The van der Waals surface area contributed by atoms with Crippen molar-refractivity contribution in [2.45, 2.75) is 37.4 Å². The van der Waals surface area contributed by atoms with E-state index in [1.165, 1.54) is 0 Å². The smallest absolute Gasteiger partial charge is 0.339 e. The van der Waals surface area contributed by atoms with Gasteiger partial charge in [-0.05, 0) is 19.3 Å². The molecular formula is C10H18O8S2. The van der Waals surface area contributed by atoms with Crippen LogP contribution in [0, 0.1) is 0 Å². The van der Waals surface area contributed by atoms with Gasteiger partial charge in [-0.2, -0.15) is 16.8 Å². The summed E-state index contributed by atoms with van der Waals surface area (Å²) < 4.78 is 59.2. The second-order valence-electron chi connectivity index (χ2n) is 4.79. The van der Waals surface area contributed by atoms with E-state index < -0.39 is 37.9 Å². The lowest BCUT2D eigenvalue weighted by atomic mass is 9.83. The Balaban J connectivity index is 3.02. The molecule has 0 aromatic carbocycles. The fourth-order valence-electron chi connectivity index (χ4n) is 2.29. The molecule has 0 aromatic heterocycles. The molecule has 1 saturated carbocycles. The summed E-state index contributed by atoms with van der Waals surface area (Å²) in [5.74, 6) is -0.857. The van der Waals surface area contributed by atoms with E-state index in [1.807, 2.05) is 0 Å². The Bertz CT molecular complexity index is 564. The third-order valence-electron chi connectivity index (χ3n) is 2.84. The van der Waals surface area contributed by atoms with Gasteiger partial charge >= 0.3 is 5.97 Å². The number of methoxy groups -OCH3 is 1. The summed E-state index contributed by atoms with van der Waals surface area (Å²) in [7, 11) is -6.51. The molecule has 0 amide bonds. The van der Waals surface area contributed by atoms with E-state index in [0.717, 1.165) is 19.6 Å². The van der Waals surface area contributed by atoms with E-state index in [0.29, 0.717) is 12.8 Å². The third kappa shape index (κ3) is 5.00. The van der Waals surface area contributed by atoms with Crippen LogP contribution in [0.5, 0.6) is 0 Å². The molecule has 1 fully saturated rings. The predicted octanol–water partition coefficient (Wildman–Crippen LogP) is -0.207. The minimum Gasteiger partial charge on any atom is -0.467 e. The molecule has 0 aliphatic heterocycles. The van der Waals surface area contributed by atoms with E-state index >= 15 is 0 Å². The van der Waals surface area contributed by atoms with Crippen molar-refractivity contribution in [2.75, 3.05) is 19.6 Å². The minimum absolute atomic E-state index is 0.121. The fraction of sp³-hybridized carbons (Fsp3) is 0.900. The Morgan fingerprint density at radius 1 is 1.15 bits per heavy atom. The van der Waals surface area contributed by atoms with E-state index in [1.54, 1.807) is 0 Å². The van der Waals surface area contributed by atoms with Gasteiger partial charge in [0.05, 0.1) is 25.7 Å². The molecule has 0 heterocycles. The highest BCUT2D eigenvalue weighted by molar-refractivity contribution is 7.86. The van der Waals surface area contributed by atoms with Gasteiger partial charge in [0.15, 0.2) is 5.60 Å². The van der Waals surface area contributed by atoms with Gasteiger partial charge < -0.3 is 4.74 Å². The lowest BCUT2D eigenvalue weighted by Gasteiger charge is -2.36. The second kappa shape index (κ2) is 5.96. The maximum Gasteiger partial charge on any atom is 0.339 e. The minimum atomic E-state index is -3.91. The summed E-state index contributed by atoms with van der Waals surface area (Å²) >= 11 is 0. The molecule has 0 bridgehead atoms. The van der Waals surface area contributed by atoms with Crippen molar-refractivity contribution in [1.29, 1.82) is 0 Å². The van der Waals surface area contributed by atoms with Crippen molar-refractivity contribution < 1.29 is 34.7 Å². The van der Waals surface area contributed by atoms with Crippen LogP contribution in [0.2, 0.25) is 0 Å². The maximum absolute atomic E-state index is 11.9. The van der Waals surface area contributed by atoms with Gasteiger partial charge in [-0.15, -0.1) is 0 Å². The Morgan fingerprint density at radius 3 is 2.20 bits per heavy atom. The molecule has 0 N–H and O–H groups in total. The van der Waals surface area contributed by atoms with Gasteiger partial charge in [-0.25, -0.2) is 4.79 Å². The summed E-state index contributed by atoms with van der Waals surface area (Å²) in [4.78, 5) is 11.9. The SMILES string of the molecule is COC(=O)C1(OS(C)(=O)=O)CCCC(OS(C)(=O)=O)C1. The first-order chi connectivity index (χ1) is 8.97. The molecule has 0 radical (unpaired) electrons. The Kier molecular flexibility index (Phi) is 5.17. The standard InChI is InChI=1S/C10H18O8S2/c1-16-9(11)10(18-20(3,14)15)6-4-5-8(7-10)17-19(2,12)13/h8H,4-7H2,1-3H3. The monoisotopic (exact) mass is 330 g/mol. The highest BCUT2D eigenvalue weighted by Gasteiger charge is 2.48. The van der Waals surface area contributed by atoms with E-state index in [2.05, 4.69) is 4.74 Å². The van der Waals surface area contributed by atoms with Crippen LogP contribution in [0.25, 0.3) is 0 Å². The van der Waals surface area contributed by atoms with E-state index in [9.17, 15) is 21.6 Å². The van der Waals surface area contributed by atoms with Crippen LogP contribution in [0.1, 0.15) is 25.7 Å². The summed E-state index contributed by atoms with van der Waals surface area (Å²) in [6, 6.07) is 0. The first-order valence-electron chi connectivity index (χ1n) is 5.85. The van der Waals surface area contributed by atoms with Crippen LogP contribution in [0.4, 0.5) is 0 Å². The van der Waals surface area contributed by atoms with Crippen molar-refractivity contribution in [3.05, 3.63) is 0 Å². The average Bonchev–Trinajstić information content (AvgIpc) is 2.23. The number of rotatable bonds is 5. The third-order valence-corrected chi connectivity index (χ3v) is 4.09. The molecular weight excluding hydrogens is 312 g/mol. The molecule has 1 aliphatic carbocycles. The molecule has 8 nitrogen and oxygen atoms in total. The number of carbonyl (C=O) groups excluding carboxylic acids is 1. The summed E-state index contributed by atoms with van der Waals surface area (Å²) in [5.41, 5.74) is -1.73. The first-order valence-corrected chi connectivity index (χ1v) is 9.48. The number of hydrogen-bond acceptors (Lipinski definition) is 8. The second-order valence-corrected chi connectivity index (χ2v) is 7.97. The maximum atomic E-state index is 11.9. The van der Waals surface area contributed by atoms with Crippen LogP contribution in [-0.2, 0) is 38.1 Å². The lowest BCUT2D eigenvalue weighted by Crippen LogP contribution is -2.49. The largest absolute Gasteiger partial charge is 0.467 e. The summed E-state index contributed by atoms with van der Waals surface area (Å²) in [5, 5.41) is 0. The van der Waals surface area contributed by atoms with Gasteiger partial charge in [-0.3, -0.25) is 8.37 Å². The highest BCUT2D eigenvalue weighted by Crippen LogP contribution is 2.36. The molecule has 118 valence electrons. The summed E-state index contributed by atoms with van der Waals surface area (Å²) in [6.07, 6.45) is 1.58. The molecule has 1 rings (SSSR count). The Labute approximate surface area is 118 Å². The van der Waals surface area contributed by atoms with Gasteiger partial charge in [0.2, 0.25) is 0 Å². The zero-order valence-electron chi connectivity index (χ0n) is 11.5. The van der Waals surface area contributed by atoms with Crippen molar-refractivity contribution in [1.82, 2.24) is 0 Å². The first kappa shape index (κ1) is 17.3. The molecule has 2 atom stereocenters. The van der Waals surface area contributed by atoms with Crippen molar-refractivity contribution in [3.63, 3.8) is 0 Å². The molecule has 10 heteroatoms. The normalized spacial score (nSPS) is 28.1. The van der Waals surface area contributed by atoms with Crippen LogP contribution in [-0.4, -0.2) is 54.1 Å². The molecule has 2 unspecified atom stereocenters. The number of carbonyl (C=O) groups is 1. The van der Waals surface area contributed by atoms with Crippen LogP contribution in [0.15, 0.2) is 0 Å². The molecule has 0 saturated heterocycles. The Hall–Kier alpha value is -0.710. The van der Waals surface area contributed by atoms with Gasteiger partial charge in [0.1, 0.15) is 0 Å². The topological polar surface area (TPSA) is 113 Å². The number of hydrogen-bond donors (Lipinski definition) is 0. The van der Waals surface area contributed by atoms with Gasteiger partial charge in [-0.1, -0.05) is 0 Å². The van der Waals surface area contributed by atoms with E-state index in [4.69, 9.17) is 8.37 Å². The van der Waals surface area contributed by atoms with E-state index in [-0.39, 0.29) is 12.8 Å². The highest BCUT2D eigenvalue weighted by atomic mass is 32.2. The Morgan fingerprint density at radius 2 is 1.75 bits per heavy atom. The zero-order valence-corrected chi connectivity index (χ0v) is 13.1. The quantitative estimate of drug-likeness (QED) is 0.503. The van der Waals surface area contributed by atoms with Crippen molar-refractivity contribution >= 4 is 26.2 Å². The molecule has 1 aliphatic rings. The van der Waals surface area contributed by atoms with Crippen LogP contribution < -0.4 is 0 Å². The number of esters is 1.